The molecule has 0 saturated heterocycles. The number of hydrogen-bond acceptors (Lipinski definition) is 3. The van der Waals surface area contributed by atoms with E-state index in [0.29, 0.717) is 5.41 Å². The van der Waals surface area contributed by atoms with E-state index in [2.05, 4.69) is 51.9 Å². The predicted molar refractivity (Wildman–Crippen MR) is 138 cm³/mol. The van der Waals surface area contributed by atoms with E-state index in [1.807, 2.05) is 0 Å². The molecular weight excluding hydrogens is 406 g/mol. The summed E-state index contributed by atoms with van der Waals surface area (Å²) in [6.07, 6.45) is 19.7. The summed E-state index contributed by atoms with van der Waals surface area (Å²) in [5.41, 5.74) is 4.28. The lowest BCUT2D eigenvalue weighted by atomic mass is 9.60. The molecule has 1 heterocycles. The van der Waals surface area contributed by atoms with Crippen LogP contribution in [0.5, 0.6) is 0 Å². The van der Waals surface area contributed by atoms with Gasteiger partial charge in [0.2, 0.25) is 0 Å². The van der Waals surface area contributed by atoms with Crippen LogP contribution in [0.1, 0.15) is 118 Å². The summed E-state index contributed by atoms with van der Waals surface area (Å²) in [5.74, 6) is 3.26. The number of fused-ring (bicyclic) bond motifs is 1. The number of nitrogens with zero attached hydrogens (tertiary/aromatic N) is 1. The van der Waals surface area contributed by atoms with E-state index in [9.17, 15) is 5.11 Å². The number of aliphatic hydroxyl groups excluding tert-OH is 1. The Morgan fingerprint density at radius 1 is 1.12 bits per heavy atom. The number of aliphatic hydroxyl groups is 1. The van der Waals surface area contributed by atoms with Crippen LogP contribution < -0.4 is 0 Å². The largest absolute Gasteiger partial charge is 0.393 e. The van der Waals surface area contributed by atoms with Gasteiger partial charge in [0.1, 0.15) is 0 Å². The first-order valence-corrected chi connectivity index (χ1v) is 14.1. The number of allylic oxidation sites excluding steroid dienone is 3. The van der Waals surface area contributed by atoms with Crippen molar-refractivity contribution in [3.63, 3.8) is 0 Å². The number of rotatable bonds is 7. The van der Waals surface area contributed by atoms with Gasteiger partial charge in [0.15, 0.2) is 5.60 Å². The third-order valence-corrected chi connectivity index (χ3v) is 9.83. The summed E-state index contributed by atoms with van der Waals surface area (Å²) in [7, 11) is 0. The molecule has 4 aliphatic rings. The van der Waals surface area contributed by atoms with Crippen molar-refractivity contribution in [3.8, 4) is 0 Å². The fourth-order valence-corrected chi connectivity index (χ4v) is 7.84. The maximum Gasteiger partial charge on any atom is 0.164 e. The zero-order valence-electron chi connectivity index (χ0n) is 22.0. The third-order valence-electron chi connectivity index (χ3n) is 9.83. The molecule has 0 aromatic heterocycles. The SMILES string of the molecule is CCC1=NO[C@@]2(CC[C@H](O)C/C2=C\C=C2/CCC[C@]3(C)[C@@H]([C@H](C)CCCC(C)C)CC[C@@H]23)C1. The quantitative estimate of drug-likeness (QED) is 0.422. The summed E-state index contributed by atoms with van der Waals surface area (Å²) >= 11 is 0. The van der Waals surface area contributed by atoms with Gasteiger partial charge in [0, 0.05) is 6.42 Å². The highest BCUT2D eigenvalue weighted by atomic mass is 16.7. The van der Waals surface area contributed by atoms with Crippen molar-refractivity contribution in [2.75, 3.05) is 0 Å². The Hall–Kier alpha value is -1.09. The second-order valence-electron chi connectivity index (χ2n) is 12.5. The molecule has 3 fully saturated rings. The maximum atomic E-state index is 10.4. The molecule has 0 aromatic carbocycles. The molecule has 3 aliphatic carbocycles. The Morgan fingerprint density at radius 2 is 1.94 bits per heavy atom. The van der Waals surface area contributed by atoms with Gasteiger partial charge >= 0.3 is 0 Å². The molecule has 0 aromatic rings. The van der Waals surface area contributed by atoms with E-state index in [-0.39, 0.29) is 11.7 Å². The summed E-state index contributed by atoms with van der Waals surface area (Å²) in [6.45, 7) is 12.0. The third kappa shape index (κ3) is 5.14. The first kappa shape index (κ1) is 25.0. The van der Waals surface area contributed by atoms with Crippen LogP contribution in [0, 0.1) is 29.1 Å². The number of oxime groups is 1. The van der Waals surface area contributed by atoms with Crippen molar-refractivity contribution in [1.82, 2.24) is 0 Å². The van der Waals surface area contributed by atoms with Crippen LogP contribution in [0.2, 0.25) is 0 Å². The topological polar surface area (TPSA) is 41.8 Å². The molecule has 186 valence electrons. The van der Waals surface area contributed by atoms with E-state index in [1.54, 1.807) is 5.57 Å². The minimum absolute atomic E-state index is 0.242. The monoisotopic (exact) mass is 455 g/mol. The molecule has 3 heteroatoms. The van der Waals surface area contributed by atoms with E-state index >= 15 is 0 Å². The highest BCUT2D eigenvalue weighted by Crippen LogP contribution is 2.60. The van der Waals surface area contributed by atoms with Crippen LogP contribution in [-0.2, 0) is 4.84 Å². The lowest BCUT2D eigenvalue weighted by molar-refractivity contribution is -0.0282. The van der Waals surface area contributed by atoms with Gasteiger partial charge in [0.25, 0.3) is 0 Å². The molecule has 6 atom stereocenters. The molecule has 4 rings (SSSR count). The highest BCUT2D eigenvalue weighted by Gasteiger charge is 2.50. The first-order valence-electron chi connectivity index (χ1n) is 14.1. The molecule has 1 aliphatic heterocycles. The summed E-state index contributed by atoms with van der Waals surface area (Å²) < 4.78 is 0. The lowest BCUT2D eigenvalue weighted by Gasteiger charge is -2.44. The molecule has 1 N–H and O–H groups in total. The zero-order valence-corrected chi connectivity index (χ0v) is 22.0. The average Bonchev–Trinajstić information content (AvgIpc) is 3.36. The molecule has 0 bridgehead atoms. The normalized spacial score (nSPS) is 39.8. The Kier molecular flexibility index (Phi) is 7.78. The van der Waals surface area contributed by atoms with Crippen molar-refractivity contribution in [2.45, 2.75) is 130 Å². The van der Waals surface area contributed by atoms with Gasteiger partial charge in [-0.15, -0.1) is 0 Å². The van der Waals surface area contributed by atoms with Crippen molar-refractivity contribution >= 4 is 5.71 Å². The molecule has 1 spiro atoms. The van der Waals surface area contributed by atoms with E-state index < -0.39 is 0 Å². The Bertz CT molecular complexity index is 780. The summed E-state index contributed by atoms with van der Waals surface area (Å²) in [4.78, 5) is 6.07. The van der Waals surface area contributed by atoms with Crippen molar-refractivity contribution in [2.24, 2.45) is 34.2 Å². The van der Waals surface area contributed by atoms with Crippen molar-refractivity contribution < 1.29 is 9.94 Å². The van der Waals surface area contributed by atoms with E-state index in [1.165, 1.54) is 62.7 Å². The van der Waals surface area contributed by atoms with Crippen molar-refractivity contribution in [3.05, 3.63) is 23.3 Å². The van der Waals surface area contributed by atoms with Crippen LogP contribution in [0.4, 0.5) is 0 Å². The number of hydrogen-bond donors (Lipinski definition) is 1. The van der Waals surface area contributed by atoms with Gasteiger partial charge < -0.3 is 9.94 Å². The van der Waals surface area contributed by atoms with Crippen LogP contribution >= 0.6 is 0 Å². The van der Waals surface area contributed by atoms with Crippen LogP contribution in [0.15, 0.2) is 28.5 Å². The minimum Gasteiger partial charge on any atom is -0.393 e. The van der Waals surface area contributed by atoms with Gasteiger partial charge in [0.05, 0.1) is 11.8 Å². The Morgan fingerprint density at radius 3 is 2.67 bits per heavy atom. The summed E-state index contributed by atoms with van der Waals surface area (Å²) in [5, 5.41) is 14.8. The zero-order chi connectivity index (χ0) is 23.6. The van der Waals surface area contributed by atoms with Crippen LogP contribution in [0.25, 0.3) is 0 Å². The van der Waals surface area contributed by atoms with E-state index in [4.69, 9.17) is 4.84 Å². The molecule has 3 saturated carbocycles. The van der Waals surface area contributed by atoms with Gasteiger partial charge in [-0.3, -0.25) is 0 Å². The highest BCUT2D eigenvalue weighted by molar-refractivity contribution is 5.86. The van der Waals surface area contributed by atoms with Crippen LogP contribution in [-0.4, -0.2) is 22.5 Å². The molecular formula is C30H49NO2. The molecule has 0 amide bonds. The molecule has 33 heavy (non-hydrogen) atoms. The first-order chi connectivity index (χ1) is 15.8. The second-order valence-corrected chi connectivity index (χ2v) is 12.5. The predicted octanol–water partition coefficient (Wildman–Crippen LogP) is 7.99. The smallest absolute Gasteiger partial charge is 0.164 e. The lowest BCUT2D eigenvalue weighted by Crippen LogP contribution is -2.38. The van der Waals surface area contributed by atoms with Gasteiger partial charge in [-0.2, -0.15) is 0 Å². The minimum atomic E-state index is -0.289. The molecule has 0 radical (unpaired) electrons. The fraction of sp³-hybridized carbons (Fsp3) is 0.833. The second kappa shape index (κ2) is 10.3. The van der Waals surface area contributed by atoms with Gasteiger partial charge in [-0.1, -0.05) is 76.8 Å². The fourth-order valence-electron chi connectivity index (χ4n) is 7.84. The van der Waals surface area contributed by atoms with Crippen LogP contribution in [0.3, 0.4) is 0 Å². The average molecular weight is 456 g/mol. The Balaban J connectivity index is 1.50. The summed E-state index contributed by atoms with van der Waals surface area (Å²) in [6, 6.07) is 0. The van der Waals surface area contributed by atoms with Crippen molar-refractivity contribution in [1.29, 1.82) is 0 Å². The molecule has 0 unspecified atom stereocenters. The standard InChI is InChI=1S/C30H49NO2/c1-6-25-20-30(33-31-25)18-16-26(32)19-24(30)13-12-23-11-8-17-29(5)27(14-15-28(23)29)22(4)10-7-9-21(2)3/h12-13,21-22,26-28,32H,6-11,14-20H2,1-5H3/b23-12+,24-13+/t22-,26+,27-,28+,29-,30+/m1/s1. The van der Waals surface area contributed by atoms with E-state index in [0.717, 1.165) is 55.8 Å². The van der Waals surface area contributed by atoms with Gasteiger partial charge in [-0.25, -0.2) is 0 Å². The Labute approximate surface area is 203 Å². The van der Waals surface area contributed by atoms with Gasteiger partial charge in [-0.05, 0) is 92.4 Å². The maximum absolute atomic E-state index is 10.4. The molecule has 3 nitrogen and oxygen atoms in total.